The lowest BCUT2D eigenvalue weighted by Crippen LogP contribution is -2.26. The Balaban J connectivity index is 2.33. The Hall–Kier alpha value is -3.39. The second-order valence-corrected chi connectivity index (χ2v) is 7.42. The number of carbonyl (C=O) groups excluding carboxylic acids is 1. The summed E-state index contributed by atoms with van der Waals surface area (Å²) in [6, 6.07) is 4.43. The van der Waals surface area contributed by atoms with Crippen molar-refractivity contribution in [2.75, 3.05) is 5.88 Å². The second-order valence-electron chi connectivity index (χ2n) is 7.15. The van der Waals surface area contributed by atoms with E-state index in [1.807, 2.05) is 0 Å². The van der Waals surface area contributed by atoms with E-state index < -0.39 is 56.3 Å². The Kier molecular flexibility index (Phi) is 4.84. The molecule has 8 nitrogen and oxygen atoms in total. The molecule has 0 fully saturated rings. The maximum Gasteiger partial charge on any atom is 0.238 e. The van der Waals surface area contributed by atoms with Crippen molar-refractivity contribution in [1.29, 1.82) is 0 Å². The van der Waals surface area contributed by atoms with Crippen molar-refractivity contribution in [2.24, 2.45) is 5.41 Å². The van der Waals surface area contributed by atoms with Gasteiger partial charge in [0, 0.05) is 22.9 Å². The number of rotatable bonds is 4. The zero-order chi connectivity index (χ0) is 21.7. The number of carbonyl (C=O) groups is 1. The summed E-state index contributed by atoms with van der Waals surface area (Å²) >= 11 is 5.79. The zero-order valence-electron chi connectivity index (χ0n) is 15.4. The zero-order valence-corrected chi connectivity index (χ0v) is 16.1. The summed E-state index contributed by atoms with van der Waals surface area (Å²) in [5.74, 6) is -4.47. The number of hydrogen-bond acceptors (Lipinski definition) is 8. The van der Waals surface area contributed by atoms with Crippen LogP contribution in [0.1, 0.15) is 24.2 Å². The number of aromatic hydroxyl groups is 5. The summed E-state index contributed by atoms with van der Waals surface area (Å²) in [4.78, 5) is 25.4. The van der Waals surface area contributed by atoms with E-state index in [2.05, 4.69) is 0 Å². The molecule has 9 heteroatoms. The summed E-state index contributed by atoms with van der Waals surface area (Å²) in [5, 5.41) is 49.7. The molecule has 0 aliphatic heterocycles. The lowest BCUT2D eigenvalue weighted by atomic mass is 9.85. The molecule has 152 valence electrons. The minimum atomic E-state index is -1.14. The van der Waals surface area contributed by atoms with Gasteiger partial charge in [-0.25, -0.2) is 0 Å². The molecule has 0 radical (unpaired) electrons. The van der Waals surface area contributed by atoms with Gasteiger partial charge in [0.2, 0.25) is 11.2 Å². The maximum absolute atomic E-state index is 12.7. The largest absolute Gasteiger partial charge is 0.507 e. The highest BCUT2D eigenvalue weighted by molar-refractivity contribution is 6.21. The number of fused-ring (bicyclic) bond motifs is 1. The van der Waals surface area contributed by atoms with E-state index in [1.54, 1.807) is 0 Å². The highest BCUT2D eigenvalue weighted by Crippen LogP contribution is 2.42. The summed E-state index contributed by atoms with van der Waals surface area (Å²) in [6.45, 7) is 3.01. The van der Waals surface area contributed by atoms with Crippen LogP contribution in [0.25, 0.3) is 22.3 Å². The van der Waals surface area contributed by atoms with Crippen molar-refractivity contribution in [3.63, 3.8) is 0 Å². The van der Waals surface area contributed by atoms with Gasteiger partial charge in [-0.05, 0) is 18.2 Å². The van der Waals surface area contributed by atoms with Gasteiger partial charge in [-0.2, -0.15) is 0 Å². The fourth-order valence-electron chi connectivity index (χ4n) is 2.79. The number of phenols is 4. The minimum Gasteiger partial charge on any atom is -0.507 e. The minimum absolute atomic E-state index is 0.0548. The SMILES string of the molecule is CC(C)(CCl)C(=O)c1c(O)cc2oc(-c3ccc(O)c(O)c3)c(O)c(=O)c2c1O. The molecular formula is C20H17ClO8. The lowest BCUT2D eigenvalue weighted by Gasteiger charge is -2.21. The van der Waals surface area contributed by atoms with Crippen molar-refractivity contribution in [3.05, 3.63) is 40.1 Å². The smallest absolute Gasteiger partial charge is 0.238 e. The quantitative estimate of drug-likeness (QED) is 0.245. The Morgan fingerprint density at radius 1 is 1.00 bits per heavy atom. The Bertz CT molecular complexity index is 1210. The van der Waals surface area contributed by atoms with Crippen molar-refractivity contribution in [3.8, 4) is 40.1 Å². The molecule has 0 saturated heterocycles. The van der Waals surface area contributed by atoms with Gasteiger partial charge in [-0.3, -0.25) is 9.59 Å². The van der Waals surface area contributed by atoms with E-state index in [0.717, 1.165) is 18.2 Å². The van der Waals surface area contributed by atoms with E-state index in [0.29, 0.717) is 0 Å². The summed E-state index contributed by atoms with van der Waals surface area (Å²) < 4.78 is 5.46. The van der Waals surface area contributed by atoms with Gasteiger partial charge in [-0.15, -0.1) is 11.6 Å². The number of halogens is 1. The molecule has 3 aromatic rings. The molecule has 0 spiro atoms. The molecule has 0 unspecified atom stereocenters. The third-order valence-corrected chi connectivity index (χ3v) is 5.19. The first-order valence-electron chi connectivity index (χ1n) is 8.37. The standard InChI is InChI=1S/C20H17ClO8/c1-20(2,7-21)19(28)13-11(24)6-12-14(15(13)25)16(26)17(27)18(29-12)8-3-4-9(22)10(23)5-8/h3-6,22-25,27H,7H2,1-2H3. The van der Waals surface area contributed by atoms with Gasteiger partial charge in [0.05, 0.1) is 0 Å². The molecule has 2 aromatic carbocycles. The monoisotopic (exact) mass is 420 g/mol. The molecule has 0 bridgehead atoms. The van der Waals surface area contributed by atoms with Crippen LogP contribution in [0.2, 0.25) is 0 Å². The number of phenolic OH excluding ortho intramolecular Hbond substituents is 4. The van der Waals surface area contributed by atoms with Crippen molar-refractivity contribution >= 4 is 28.4 Å². The van der Waals surface area contributed by atoms with Gasteiger partial charge in [0.15, 0.2) is 23.0 Å². The molecule has 5 N–H and O–H groups in total. The lowest BCUT2D eigenvalue weighted by molar-refractivity contribution is 0.0856. The van der Waals surface area contributed by atoms with Gasteiger partial charge < -0.3 is 29.9 Å². The first-order valence-corrected chi connectivity index (χ1v) is 8.91. The van der Waals surface area contributed by atoms with Crippen LogP contribution in [0.3, 0.4) is 0 Å². The van der Waals surface area contributed by atoms with E-state index >= 15 is 0 Å². The molecular weight excluding hydrogens is 404 g/mol. The average Bonchev–Trinajstić information content (AvgIpc) is 2.66. The van der Waals surface area contributed by atoms with Gasteiger partial charge in [0.25, 0.3) is 0 Å². The highest BCUT2D eigenvalue weighted by atomic mass is 35.5. The maximum atomic E-state index is 12.7. The van der Waals surface area contributed by atoms with Crippen LogP contribution in [-0.4, -0.2) is 37.2 Å². The molecule has 0 aliphatic rings. The summed E-state index contributed by atoms with van der Waals surface area (Å²) in [6.07, 6.45) is 0. The van der Waals surface area contributed by atoms with Gasteiger partial charge in [0.1, 0.15) is 28.0 Å². The number of Topliss-reactive ketones (excluding diaryl/α,β-unsaturated/α-hetero) is 1. The molecule has 1 heterocycles. The van der Waals surface area contributed by atoms with Crippen LogP contribution in [-0.2, 0) is 0 Å². The second kappa shape index (κ2) is 6.89. The summed E-state index contributed by atoms with van der Waals surface area (Å²) in [5.41, 5.74) is -2.95. The number of alkyl halides is 1. The molecule has 1 aromatic heterocycles. The molecule has 29 heavy (non-hydrogen) atoms. The number of hydrogen-bond donors (Lipinski definition) is 5. The normalized spacial score (nSPS) is 11.7. The van der Waals surface area contributed by atoms with Gasteiger partial charge in [-0.1, -0.05) is 13.8 Å². The Labute approximate surface area is 168 Å². The summed E-state index contributed by atoms with van der Waals surface area (Å²) in [7, 11) is 0. The van der Waals surface area contributed by atoms with Crippen LogP contribution in [0.5, 0.6) is 28.7 Å². The topological polar surface area (TPSA) is 148 Å². The Morgan fingerprint density at radius 2 is 1.66 bits per heavy atom. The average molecular weight is 421 g/mol. The number of ketones is 1. The van der Waals surface area contributed by atoms with Crippen molar-refractivity contribution in [1.82, 2.24) is 0 Å². The van der Waals surface area contributed by atoms with Crippen LogP contribution < -0.4 is 5.43 Å². The van der Waals surface area contributed by atoms with E-state index in [4.69, 9.17) is 16.0 Å². The van der Waals surface area contributed by atoms with Crippen LogP contribution in [0, 0.1) is 5.41 Å². The fourth-order valence-corrected chi connectivity index (χ4v) is 2.92. The first kappa shape index (κ1) is 20.3. The van der Waals surface area contributed by atoms with E-state index in [1.165, 1.54) is 19.9 Å². The predicted octanol–water partition coefficient (Wildman–Crippen LogP) is 3.44. The molecule has 0 saturated carbocycles. The van der Waals surface area contributed by atoms with Crippen LogP contribution >= 0.6 is 11.6 Å². The van der Waals surface area contributed by atoms with E-state index in [9.17, 15) is 35.1 Å². The molecule has 0 amide bonds. The number of benzene rings is 2. The van der Waals surface area contributed by atoms with Crippen molar-refractivity contribution < 1.29 is 34.7 Å². The van der Waals surface area contributed by atoms with E-state index in [-0.39, 0.29) is 22.8 Å². The third-order valence-electron chi connectivity index (χ3n) is 4.53. The molecule has 0 aliphatic carbocycles. The van der Waals surface area contributed by atoms with Crippen LogP contribution in [0.15, 0.2) is 33.5 Å². The predicted molar refractivity (Wildman–Crippen MR) is 105 cm³/mol. The molecule has 0 atom stereocenters. The van der Waals surface area contributed by atoms with Crippen LogP contribution in [0.4, 0.5) is 0 Å². The Morgan fingerprint density at radius 3 is 2.24 bits per heavy atom. The van der Waals surface area contributed by atoms with Crippen molar-refractivity contribution in [2.45, 2.75) is 13.8 Å². The first-order chi connectivity index (χ1) is 13.5. The third kappa shape index (κ3) is 3.21. The molecule has 3 rings (SSSR count). The fraction of sp³-hybridized carbons (Fsp3) is 0.200. The van der Waals surface area contributed by atoms with Gasteiger partial charge >= 0.3 is 0 Å². The highest BCUT2D eigenvalue weighted by Gasteiger charge is 2.34.